The number of rotatable bonds is 2. The monoisotopic (exact) mass is 184 g/mol. The van der Waals surface area contributed by atoms with Crippen LogP contribution in [0, 0.1) is 16.7 Å². The molecule has 0 aliphatic carbocycles. The predicted octanol–water partition coefficient (Wildman–Crippen LogP) is 2.67. The second-order valence-corrected chi connectivity index (χ2v) is 5.83. The van der Waals surface area contributed by atoms with Gasteiger partial charge in [-0.25, -0.2) is 0 Å². The minimum atomic E-state index is 0.182. The summed E-state index contributed by atoms with van der Waals surface area (Å²) in [5.74, 6) is 5.78. The zero-order valence-corrected chi connectivity index (χ0v) is 9.86. The molecule has 0 heterocycles. The number of nitrogens with two attached hydrogens (primary N) is 1. The van der Waals surface area contributed by atoms with Crippen molar-refractivity contribution in [3.63, 3.8) is 0 Å². The lowest BCUT2D eigenvalue weighted by Gasteiger charge is -2.41. The quantitative estimate of drug-likeness (QED) is 0.511. The molecule has 2 nitrogen and oxygen atoms in total. The van der Waals surface area contributed by atoms with Crippen LogP contribution in [-0.4, -0.2) is 0 Å². The molecule has 0 atom stereocenters. The fraction of sp³-hybridized carbons (Fsp3) is 0.818. The summed E-state index contributed by atoms with van der Waals surface area (Å²) >= 11 is 0. The molecule has 0 aliphatic heterocycles. The van der Waals surface area contributed by atoms with E-state index < -0.39 is 0 Å². The van der Waals surface area contributed by atoms with E-state index in [1.807, 2.05) is 0 Å². The van der Waals surface area contributed by atoms with Crippen molar-refractivity contribution >= 4 is 0 Å². The Kier molecular flexibility index (Phi) is 3.56. The Morgan fingerprint density at radius 3 is 1.46 bits per heavy atom. The largest absolute Gasteiger partial charge is 0.329 e. The van der Waals surface area contributed by atoms with Crippen molar-refractivity contribution in [1.82, 2.24) is 5.43 Å². The predicted molar refractivity (Wildman–Crippen MR) is 58.9 cm³/mol. The maximum atomic E-state index is 5.42. The van der Waals surface area contributed by atoms with Gasteiger partial charge in [0, 0.05) is 11.6 Å². The van der Waals surface area contributed by atoms with E-state index in [0.29, 0.717) is 5.92 Å². The number of allylic oxidation sites excluding steroid dienone is 1. The molecule has 3 N–H and O–H groups in total. The summed E-state index contributed by atoms with van der Waals surface area (Å²) in [6.45, 7) is 17.3. The molecule has 0 aromatic carbocycles. The molecule has 0 bridgehead atoms. The van der Waals surface area contributed by atoms with E-state index in [1.54, 1.807) is 0 Å². The lowest BCUT2D eigenvalue weighted by atomic mass is 9.65. The number of nitrogens with one attached hydrogen (secondary N) is 1. The van der Waals surface area contributed by atoms with Crippen molar-refractivity contribution < 1.29 is 0 Å². The van der Waals surface area contributed by atoms with Crippen LogP contribution in [0.15, 0.2) is 12.3 Å². The lowest BCUT2D eigenvalue weighted by molar-refractivity contribution is 0.130. The van der Waals surface area contributed by atoms with Gasteiger partial charge in [-0.05, 0) is 10.8 Å². The normalized spacial score (nSPS) is 13.2. The van der Waals surface area contributed by atoms with Crippen LogP contribution in [0.4, 0.5) is 0 Å². The van der Waals surface area contributed by atoms with Crippen molar-refractivity contribution in [3.05, 3.63) is 12.3 Å². The highest BCUT2D eigenvalue weighted by Crippen LogP contribution is 2.42. The van der Waals surface area contributed by atoms with Crippen molar-refractivity contribution in [2.24, 2.45) is 22.6 Å². The molecule has 0 amide bonds. The Morgan fingerprint density at radius 2 is 1.38 bits per heavy atom. The van der Waals surface area contributed by atoms with E-state index in [0.717, 1.165) is 5.70 Å². The molecule has 0 unspecified atom stereocenters. The molecular formula is C11H24N2. The van der Waals surface area contributed by atoms with Crippen LogP contribution >= 0.6 is 0 Å². The second kappa shape index (κ2) is 3.70. The maximum Gasteiger partial charge on any atom is 0.0229 e. The first-order chi connectivity index (χ1) is 5.60. The summed E-state index contributed by atoms with van der Waals surface area (Å²) in [5, 5.41) is 0. The van der Waals surface area contributed by atoms with Gasteiger partial charge in [-0.1, -0.05) is 48.1 Å². The standard InChI is InChI=1S/C11H24N2/c1-8(13-12)9(10(2,3)4)11(5,6)7/h9,13H,1,12H2,2-7H3. The van der Waals surface area contributed by atoms with Gasteiger partial charge in [0.25, 0.3) is 0 Å². The van der Waals surface area contributed by atoms with E-state index in [2.05, 4.69) is 53.5 Å². The minimum Gasteiger partial charge on any atom is -0.329 e. The zero-order chi connectivity index (χ0) is 10.9. The average Bonchev–Trinajstić information content (AvgIpc) is 1.80. The van der Waals surface area contributed by atoms with Crippen LogP contribution < -0.4 is 11.3 Å². The van der Waals surface area contributed by atoms with Crippen molar-refractivity contribution in [2.45, 2.75) is 41.5 Å². The molecule has 2 heteroatoms. The average molecular weight is 184 g/mol. The molecule has 0 saturated carbocycles. The van der Waals surface area contributed by atoms with Gasteiger partial charge in [0.15, 0.2) is 0 Å². The van der Waals surface area contributed by atoms with E-state index in [-0.39, 0.29) is 10.8 Å². The number of hydrogen-bond donors (Lipinski definition) is 2. The first-order valence-electron chi connectivity index (χ1n) is 4.76. The summed E-state index contributed by atoms with van der Waals surface area (Å²) in [5.41, 5.74) is 3.96. The molecule has 0 aromatic rings. The van der Waals surface area contributed by atoms with Gasteiger partial charge in [0.1, 0.15) is 0 Å². The summed E-state index contributed by atoms with van der Waals surface area (Å²) in [4.78, 5) is 0. The van der Waals surface area contributed by atoms with Gasteiger partial charge < -0.3 is 5.43 Å². The first-order valence-corrected chi connectivity index (χ1v) is 4.76. The highest BCUT2D eigenvalue weighted by molar-refractivity contribution is 5.06. The topological polar surface area (TPSA) is 38.0 Å². The van der Waals surface area contributed by atoms with Crippen LogP contribution in [0.3, 0.4) is 0 Å². The van der Waals surface area contributed by atoms with Crippen LogP contribution in [0.1, 0.15) is 41.5 Å². The van der Waals surface area contributed by atoms with Gasteiger partial charge >= 0.3 is 0 Å². The highest BCUT2D eigenvalue weighted by Gasteiger charge is 2.36. The molecular weight excluding hydrogens is 160 g/mol. The summed E-state index contributed by atoms with van der Waals surface area (Å²) in [7, 11) is 0. The molecule has 0 aliphatic rings. The van der Waals surface area contributed by atoms with Crippen LogP contribution in [0.25, 0.3) is 0 Å². The Bertz CT molecular complexity index is 167. The minimum absolute atomic E-state index is 0.182. The smallest absolute Gasteiger partial charge is 0.0229 e. The molecule has 0 spiro atoms. The third kappa shape index (κ3) is 3.39. The first kappa shape index (κ1) is 12.5. The van der Waals surface area contributed by atoms with E-state index in [4.69, 9.17) is 5.84 Å². The second-order valence-electron chi connectivity index (χ2n) is 5.83. The molecule has 13 heavy (non-hydrogen) atoms. The SMILES string of the molecule is C=C(NN)C(C(C)(C)C)C(C)(C)C. The molecule has 0 saturated heterocycles. The van der Waals surface area contributed by atoms with Crippen molar-refractivity contribution in [2.75, 3.05) is 0 Å². The van der Waals surface area contributed by atoms with Gasteiger partial charge in [-0.3, -0.25) is 5.84 Å². The fourth-order valence-corrected chi connectivity index (χ4v) is 2.43. The Morgan fingerprint density at radius 1 is 1.08 bits per heavy atom. The van der Waals surface area contributed by atoms with Gasteiger partial charge in [-0.15, -0.1) is 0 Å². The Labute approximate surface area is 82.6 Å². The zero-order valence-electron chi connectivity index (χ0n) is 9.86. The maximum absolute atomic E-state index is 5.42. The van der Waals surface area contributed by atoms with Crippen LogP contribution in [-0.2, 0) is 0 Å². The lowest BCUT2D eigenvalue weighted by Crippen LogP contribution is -2.40. The fourth-order valence-electron chi connectivity index (χ4n) is 2.43. The third-order valence-electron chi connectivity index (χ3n) is 2.27. The summed E-state index contributed by atoms with van der Waals surface area (Å²) in [6.07, 6.45) is 0. The van der Waals surface area contributed by atoms with E-state index in [9.17, 15) is 0 Å². The molecule has 0 fully saturated rings. The summed E-state index contributed by atoms with van der Waals surface area (Å²) in [6, 6.07) is 0. The van der Waals surface area contributed by atoms with Crippen LogP contribution in [0.2, 0.25) is 0 Å². The number of hydrogen-bond acceptors (Lipinski definition) is 2. The van der Waals surface area contributed by atoms with Gasteiger partial charge in [0.2, 0.25) is 0 Å². The molecule has 0 rings (SSSR count). The van der Waals surface area contributed by atoms with Crippen LogP contribution in [0.5, 0.6) is 0 Å². The number of hydrazine groups is 1. The Hall–Kier alpha value is -0.500. The molecule has 0 aromatic heterocycles. The summed E-state index contributed by atoms with van der Waals surface area (Å²) < 4.78 is 0. The highest BCUT2D eigenvalue weighted by atomic mass is 15.2. The van der Waals surface area contributed by atoms with E-state index in [1.165, 1.54) is 0 Å². The molecule has 78 valence electrons. The third-order valence-corrected chi connectivity index (χ3v) is 2.27. The van der Waals surface area contributed by atoms with Crippen molar-refractivity contribution in [1.29, 1.82) is 0 Å². The van der Waals surface area contributed by atoms with Gasteiger partial charge in [-0.2, -0.15) is 0 Å². The van der Waals surface area contributed by atoms with E-state index >= 15 is 0 Å². The Balaban J connectivity index is 4.89. The van der Waals surface area contributed by atoms with Gasteiger partial charge in [0.05, 0.1) is 0 Å². The van der Waals surface area contributed by atoms with Crippen molar-refractivity contribution in [3.8, 4) is 0 Å². The molecule has 0 radical (unpaired) electrons.